The molecule has 3 N–H and O–H groups in total. The lowest BCUT2D eigenvalue weighted by atomic mass is 9.75. The van der Waals surface area contributed by atoms with Crippen LogP contribution in [0.2, 0.25) is 0 Å². The van der Waals surface area contributed by atoms with E-state index in [2.05, 4.69) is 31.1 Å². The van der Waals surface area contributed by atoms with Gasteiger partial charge >= 0.3 is 0 Å². The molecule has 0 heterocycles. The van der Waals surface area contributed by atoms with Gasteiger partial charge in [-0.05, 0) is 38.1 Å². The van der Waals surface area contributed by atoms with Crippen molar-refractivity contribution < 1.29 is 4.79 Å². The molecule has 0 spiro atoms. The maximum Gasteiger partial charge on any atom is 0.235 e. The van der Waals surface area contributed by atoms with Crippen LogP contribution in [0.4, 0.5) is 0 Å². The van der Waals surface area contributed by atoms with E-state index in [0.717, 1.165) is 0 Å². The molecule has 19 heavy (non-hydrogen) atoms. The van der Waals surface area contributed by atoms with Crippen LogP contribution in [-0.2, 0) is 4.79 Å². The number of hydrogen-bond donors (Lipinski definition) is 2. The first-order valence-corrected chi connectivity index (χ1v) is 7.47. The molecule has 0 aliphatic heterocycles. The number of nitrogens with zero attached hydrogens (tertiary/aromatic N) is 1. The molecule has 112 valence electrons. The number of nitrogens with two attached hydrogens (primary N) is 1. The van der Waals surface area contributed by atoms with Gasteiger partial charge in [0.15, 0.2) is 0 Å². The number of amides is 1. The molecule has 1 atom stereocenters. The zero-order valence-electron chi connectivity index (χ0n) is 13.2. The van der Waals surface area contributed by atoms with Crippen LogP contribution >= 0.6 is 0 Å². The Balaban J connectivity index is 2.48. The summed E-state index contributed by atoms with van der Waals surface area (Å²) >= 11 is 0. The van der Waals surface area contributed by atoms with Crippen molar-refractivity contribution in [3.63, 3.8) is 0 Å². The van der Waals surface area contributed by atoms with Crippen LogP contribution in [0.25, 0.3) is 0 Å². The van der Waals surface area contributed by atoms with Gasteiger partial charge < -0.3 is 16.0 Å². The van der Waals surface area contributed by atoms with Crippen molar-refractivity contribution in [1.29, 1.82) is 0 Å². The molecule has 1 amide bonds. The molecule has 1 fully saturated rings. The minimum Gasteiger partial charge on any atom is -0.368 e. The number of rotatable bonds is 6. The van der Waals surface area contributed by atoms with E-state index in [0.29, 0.717) is 18.0 Å². The van der Waals surface area contributed by atoms with Crippen LogP contribution in [0, 0.1) is 5.41 Å². The second kappa shape index (κ2) is 6.71. The van der Waals surface area contributed by atoms with E-state index in [1.54, 1.807) is 0 Å². The molecule has 4 nitrogen and oxygen atoms in total. The molecular formula is C15H31N3O. The Kier molecular flexibility index (Phi) is 5.81. The number of nitrogens with one attached hydrogen (secondary N) is 1. The summed E-state index contributed by atoms with van der Waals surface area (Å²) < 4.78 is 0. The van der Waals surface area contributed by atoms with Crippen molar-refractivity contribution in [1.82, 2.24) is 10.2 Å². The minimum atomic E-state index is -0.253. The van der Waals surface area contributed by atoms with Gasteiger partial charge in [0.25, 0.3) is 0 Å². The van der Waals surface area contributed by atoms with E-state index >= 15 is 0 Å². The molecule has 1 saturated carbocycles. The van der Waals surface area contributed by atoms with Crippen LogP contribution in [0.5, 0.6) is 0 Å². The van der Waals surface area contributed by atoms with Crippen molar-refractivity contribution in [2.45, 2.75) is 71.5 Å². The lowest BCUT2D eigenvalue weighted by Gasteiger charge is -2.39. The maximum atomic E-state index is 11.5. The lowest BCUT2D eigenvalue weighted by molar-refractivity contribution is -0.120. The first-order valence-electron chi connectivity index (χ1n) is 7.47. The van der Waals surface area contributed by atoms with E-state index < -0.39 is 0 Å². The Bertz CT molecular complexity index is 292. The normalized spacial score (nSPS) is 21.8. The third-order valence-electron chi connectivity index (χ3n) is 4.28. The van der Waals surface area contributed by atoms with Gasteiger partial charge in [-0.15, -0.1) is 0 Å². The largest absolute Gasteiger partial charge is 0.368 e. The highest BCUT2D eigenvalue weighted by atomic mass is 16.1. The number of carbonyl (C=O) groups is 1. The van der Waals surface area contributed by atoms with Crippen molar-refractivity contribution in [2.24, 2.45) is 11.1 Å². The molecule has 1 rings (SSSR count). The number of primary amides is 1. The Morgan fingerprint density at radius 1 is 1.37 bits per heavy atom. The van der Waals surface area contributed by atoms with Crippen molar-refractivity contribution in [3.05, 3.63) is 0 Å². The topological polar surface area (TPSA) is 58.4 Å². The Morgan fingerprint density at radius 2 is 1.89 bits per heavy atom. The molecule has 0 aromatic rings. The van der Waals surface area contributed by atoms with Gasteiger partial charge in [-0.25, -0.2) is 0 Å². The fraction of sp³-hybridized carbons (Fsp3) is 0.933. The molecule has 1 unspecified atom stereocenters. The monoisotopic (exact) mass is 269 g/mol. The Morgan fingerprint density at radius 3 is 2.32 bits per heavy atom. The molecular weight excluding hydrogens is 238 g/mol. The highest BCUT2D eigenvalue weighted by molar-refractivity contribution is 5.80. The standard InChI is InChI=1S/C15H31N3O/c1-11(2)17-13(14(16)19)10-18(5)12-6-8-15(3,4)9-7-12/h11-13,17H,6-10H2,1-5H3,(H2,16,19). The quantitative estimate of drug-likeness (QED) is 0.772. The van der Waals surface area contributed by atoms with Crippen LogP contribution in [0.3, 0.4) is 0 Å². The zero-order chi connectivity index (χ0) is 14.6. The zero-order valence-corrected chi connectivity index (χ0v) is 13.2. The fourth-order valence-electron chi connectivity index (χ4n) is 2.89. The van der Waals surface area contributed by atoms with Gasteiger partial charge in [-0.2, -0.15) is 0 Å². The highest BCUT2D eigenvalue weighted by Gasteiger charge is 2.30. The van der Waals surface area contributed by atoms with Crippen molar-refractivity contribution in [2.75, 3.05) is 13.6 Å². The molecule has 0 aromatic heterocycles. The van der Waals surface area contributed by atoms with E-state index in [1.807, 2.05) is 13.8 Å². The predicted octanol–water partition coefficient (Wildman–Crippen LogP) is 1.74. The van der Waals surface area contributed by atoms with Gasteiger partial charge in [0.1, 0.15) is 0 Å². The average molecular weight is 269 g/mol. The molecule has 0 saturated heterocycles. The first kappa shape index (κ1) is 16.4. The predicted molar refractivity (Wildman–Crippen MR) is 79.9 cm³/mol. The number of likely N-dealkylation sites (N-methyl/N-ethyl adjacent to an activating group) is 1. The summed E-state index contributed by atoms with van der Waals surface area (Å²) in [6, 6.07) is 0.611. The summed E-state index contributed by atoms with van der Waals surface area (Å²) in [5.74, 6) is -0.253. The summed E-state index contributed by atoms with van der Waals surface area (Å²) in [7, 11) is 2.11. The van der Waals surface area contributed by atoms with Crippen LogP contribution in [0.1, 0.15) is 53.4 Å². The molecule has 4 heteroatoms. The summed E-state index contributed by atoms with van der Waals surface area (Å²) in [5, 5.41) is 3.25. The van der Waals surface area contributed by atoms with Gasteiger partial charge in [0, 0.05) is 18.6 Å². The average Bonchev–Trinajstić information content (AvgIpc) is 2.27. The first-order chi connectivity index (χ1) is 8.71. The molecule has 0 bridgehead atoms. The van der Waals surface area contributed by atoms with Crippen molar-refractivity contribution >= 4 is 5.91 Å². The Hall–Kier alpha value is -0.610. The van der Waals surface area contributed by atoms with E-state index in [-0.39, 0.29) is 18.0 Å². The molecule has 1 aliphatic rings. The van der Waals surface area contributed by atoms with Crippen LogP contribution in [-0.4, -0.2) is 42.5 Å². The van der Waals surface area contributed by atoms with Crippen LogP contribution < -0.4 is 11.1 Å². The molecule has 1 aliphatic carbocycles. The Labute approximate surface area is 118 Å². The van der Waals surface area contributed by atoms with Crippen LogP contribution in [0.15, 0.2) is 0 Å². The highest BCUT2D eigenvalue weighted by Crippen LogP contribution is 2.36. The second-order valence-electron chi connectivity index (χ2n) is 7.11. The van der Waals surface area contributed by atoms with Gasteiger partial charge in [0.2, 0.25) is 5.91 Å². The van der Waals surface area contributed by atoms with Gasteiger partial charge in [-0.3, -0.25) is 4.79 Å². The van der Waals surface area contributed by atoms with Gasteiger partial charge in [-0.1, -0.05) is 27.7 Å². The van der Waals surface area contributed by atoms with E-state index in [4.69, 9.17) is 5.73 Å². The van der Waals surface area contributed by atoms with E-state index in [1.165, 1.54) is 25.7 Å². The fourth-order valence-corrected chi connectivity index (χ4v) is 2.89. The molecule has 0 radical (unpaired) electrons. The minimum absolute atomic E-state index is 0.250. The number of hydrogen-bond acceptors (Lipinski definition) is 3. The second-order valence-corrected chi connectivity index (χ2v) is 7.11. The third-order valence-corrected chi connectivity index (χ3v) is 4.28. The maximum absolute atomic E-state index is 11.5. The third kappa shape index (κ3) is 5.49. The summed E-state index contributed by atoms with van der Waals surface area (Å²) in [6.07, 6.45) is 4.97. The smallest absolute Gasteiger partial charge is 0.235 e. The van der Waals surface area contributed by atoms with Gasteiger partial charge in [0.05, 0.1) is 6.04 Å². The summed E-state index contributed by atoms with van der Waals surface area (Å²) in [4.78, 5) is 13.8. The SMILES string of the molecule is CC(C)NC(CN(C)C1CCC(C)(C)CC1)C(N)=O. The van der Waals surface area contributed by atoms with Crippen molar-refractivity contribution in [3.8, 4) is 0 Å². The summed E-state index contributed by atoms with van der Waals surface area (Å²) in [6.45, 7) is 9.47. The molecule has 0 aromatic carbocycles. The summed E-state index contributed by atoms with van der Waals surface area (Å²) in [5.41, 5.74) is 5.96. The number of carbonyl (C=O) groups excluding carboxylic acids is 1. The van der Waals surface area contributed by atoms with E-state index in [9.17, 15) is 4.79 Å². The lowest BCUT2D eigenvalue weighted by Crippen LogP contribution is -2.52.